The number of anilines is 3. The monoisotopic (exact) mass is 581 g/mol. The predicted molar refractivity (Wildman–Crippen MR) is 174 cm³/mol. The Hall–Kier alpha value is -3.95. The Bertz CT molecular complexity index is 1560. The number of benzene rings is 2. The number of piperidine rings is 1. The van der Waals surface area contributed by atoms with Crippen molar-refractivity contribution in [2.45, 2.75) is 46.0 Å². The van der Waals surface area contributed by atoms with E-state index in [4.69, 9.17) is 4.74 Å². The molecule has 2 fully saturated rings. The molecule has 2 aromatic carbocycles. The normalized spacial score (nSPS) is 16.9. The van der Waals surface area contributed by atoms with Crippen LogP contribution in [-0.4, -0.2) is 71.6 Å². The summed E-state index contributed by atoms with van der Waals surface area (Å²) in [6, 6.07) is 16.1. The largest absolute Gasteiger partial charge is 0.379 e. The summed E-state index contributed by atoms with van der Waals surface area (Å²) in [6.07, 6.45) is 5.97. The van der Waals surface area contributed by atoms with E-state index >= 15 is 0 Å². The minimum absolute atomic E-state index is 0.219. The van der Waals surface area contributed by atoms with Gasteiger partial charge in [0.1, 0.15) is 5.82 Å². The Morgan fingerprint density at radius 3 is 2.37 bits per heavy atom. The number of ether oxygens (including phenoxy) is 1. The number of nitrogens with one attached hydrogen (secondary N) is 2. The van der Waals surface area contributed by atoms with Crippen LogP contribution in [0.25, 0.3) is 16.5 Å². The molecule has 2 saturated heterocycles. The molecule has 226 valence electrons. The van der Waals surface area contributed by atoms with Crippen molar-refractivity contribution in [2.75, 3.05) is 61.5 Å². The average Bonchev–Trinajstić information content (AvgIpc) is 3.43. The van der Waals surface area contributed by atoms with Crippen LogP contribution in [0, 0.1) is 12.8 Å². The second kappa shape index (κ2) is 12.3. The summed E-state index contributed by atoms with van der Waals surface area (Å²) in [5.41, 5.74) is 4.45. The summed E-state index contributed by atoms with van der Waals surface area (Å²) in [5, 5.41) is 13.0. The molecule has 6 rings (SSSR count). The molecule has 4 heterocycles. The molecule has 0 spiro atoms. The molecule has 0 radical (unpaired) electrons. The molecule has 0 saturated carbocycles. The van der Waals surface area contributed by atoms with Crippen LogP contribution in [0.3, 0.4) is 0 Å². The number of carbonyl (C=O) groups excluding carboxylic acids is 1. The maximum Gasteiger partial charge on any atom is 0.324 e. The maximum atomic E-state index is 13.5. The molecule has 2 aromatic heterocycles. The summed E-state index contributed by atoms with van der Waals surface area (Å²) < 4.78 is 7.27. The van der Waals surface area contributed by atoms with Gasteiger partial charge in [-0.1, -0.05) is 45.0 Å². The highest BCUT2D eigenvalue weighted by molar-refractivity contribution is 6.09. The number of fused-ring (bicyclic) bond motifs is 1. The number of rotatable bonds is 6. The van der Waals surface area contributed by atoms with E-state index in [9.17, 15) is 4.79 Å². The average molecular weight is 582 g/mol. The highest BCUT2D eigenvalue weighted by Gasteiger charge is 2.26. The molecule has 0 bridgehead atoms. The highest BCUT2D eigenvalue weighted by Crippen LogP contribution is 2.35. The third kappa shape index (κ3) is 6.53. The van der Waals surface area contributed by atoms with Crippen molar-refractivity contribution in [3.63, 3.8) is 0 Å². The number of urea groups is 1. The highest BCUT2D eigenvalue weighted by atomic mass is 16.5. The zero-order chi connectivity index (χ0) is 30.0. The topological polar surface area (TPSA) is 87.6 Å². The number of hydrogen-bond donors (Lipinski definition) is 2. The molecule has 43 heavy (non-hydrogen) atoms. The minimum atomic E-state index is -0.311. The van der Waals surface area contributed by atoms with Crippen molar-refractivity contribution in [3.05, 3.63) is 72.2 Å². The number of pyridine rings is 1. The number of aryl methyl sites for hydroxylation is 1. The van der Waals surface area contributed by atoms with E-state index in [1.807, 2.05) is 37.4 Å². The molecule has 2 aliphatic heterocycles. The van der Waals surface area contributed by atoms with E-state index in [2.05, 4.69) is 75.6 Å². The Balaban J connectivity index is 1.19. The fraction of sp³-hybridized carbons (Fsp3) is 0.441. The zero-order valence-electron chi connectivity index (χ0n) is 25.8. The van der Waals surface area contributed by atoms with Gasteiger partial charge < -0.3 is 15.0 Å². The van der Waals surface area contributed by atoms with Gasteiger partial charge in [0.05, 0.1) is 37.0 Å². The summed E-state index contributed by atoms with van der Waals surface area (Å²) in [4.78, 5) is 23.0. The number of nitrogens with zero attached hydrogens (tertiary/aromatic N) is 5. The summed E-state index contributed by atoms with van der Waals surface area (Å²) in [5.74, 6) is 1.36. The van der Waals surface area contributed by atoms with Gasteiger partial charge in [-0.25, -0.2) is 9.48 Å². The van der Waals surface area contributed by atoms with Gasteiger partial charge in [-0.05, 0) is 55.4 Å². The first-order valence-electron chi connectivity index (χ1n) is 15.4. The van der Waals surface area contributed by atoms with E-state index < -0.39 is 0 Å². The van der Waals surface area contributed by atoms with Crippen LogP contribution in [0.5, 0.6) is 0 Å². The number of aromatic nitrogens is 3. The van der Waals surface area contributed by atoms with E-state index in [0.29, 0.717) is 5.82 Å². The lowest BCUT2D eigenvalue weighted by atomic mass is 9.89. The van der Waals surface area contributed by atoms with Crippen molar-refractivity contribution in [1.82, 2.24) is 19.7 Å². The van der Waals surface area contributed by atoms with Crippen molar-refractivity contribution in [2.24, 2.45) is 5.92 Å². The van der Waals surface area contributed by atoms with Crippen LogP contribution in [0.15, 0.2) is 60.9 Å². The molecule has 2 amide bonds. The van der Waals surface area contributed by atoms with E-state index in [0.717, 1.165) is 78.7 Å². The molecular formula is C34H43N7O2. The second-order valence-electron chi connectivity index (χ2n) is 12.8. The summed E-state index contributed by atoms with van der Waals surface area (Å²) in [6.45, 7) is 15.4. The first-order valence-corrected chi connectivity index (χ1v) is 15.4. The van der Waals surface area contributed by atoms with Gasteiger partial charge in [-0.15, -0.1) is 0 Å². The van der Waals surface area contributed by atoms with Gasteiger partial charge in [-0.2, -0.15) is 5.10 Å². The first kappa shape index (κ1) is 29.1. The summed E-state index contributed by atoms with van der Waals surface area (Å²) >= 11 is 0. The Morgan fingerprint density at radius 1 is 0.930 bits per heavy atom. The van der Waals surface area contributed by atoms with E-state index in [-0.39, 0.29) is 11.4 Å². The molecule has 0 atom stereocenters. The van der Waals surface area contributed by atoms with Gasteiger partial charge in [0.2, 0.25) is 0 Å². The van der Waals surface area contributed by atoms with Gasteiger partial charge >= 0.3 is 6.03 Å². The van der Waals surface area contributed by atoms with Crippen LogP contribution >= 0.6 is 0 Å². The quantitative estimate of drug-likeness (QED) is 0.281. The van der Waals surface area contributed by atoms with Gasteiger partial charge in [0.25, 0.3) is 0 Å². The van der Waals surface area contributed by atoms with Crippen LogP contribution < -0.4 is 15.5 Å². The first-order chi connectivity index (χ1) is 20.8. The van der Waals surface area contributed by atoms with E-state index in [1.165, 1.54) is 25.1 Å². The molecule has 0 unspecified atom stereocenters. The van der Waals surface area contributed by atoms with Crippen LogP contribution in [0.4, 0.5) is 22.0 Å². The Kier molecular flexibility index (Phi) is 8.36. The number of carbonyl (C=O) groups is 1. The Labute approximate surface area is 254 Å². The van der Waals surface area contributed by atoms with Crippen molar-refractivity contribution < 1.29 is 9.53 Å². The zero-order valence-corrected chi connectivity index (χ0v) is 25.8. The standard InChI is InChI=1S/C34H43N7O2/c1-24-9-10-26(21-35-24)41-32(29(22-36-41)34(2,3)4)38-33(42)37-30-11-12-31(28-8-6-5-7-27(28)30)40-15-13-25(14-16-40)23-39-17-19-43-20-18-39/h5-12,21-22,25H,13-20,23H2,1-4H3,(H2,37,38,42). The molecule has 9 heteroatoms. The number of morpholine rings is 1. The predicted octanol–water partition coefficient (Wildman–Crippen LogP) is 6.22. The number of hydrogen-bond acceptors (Lipinski definition) is 6. The van der Waals surface area contributed by atoms with E-state index in [1.54, 1.807) is 10.9 Å². The van der Waals surface area contributed by atoms with Crippen molar-refractivity contribution in [3.8, 4) is 5.69 Å². The second-order valence-corrected chi connectivity index (χ2v) is 12.8. The molecule has 9 nitrogen and oxygen atoms in total. The fourth-order valence-electron chi connectivity index (χ4n) is 6.23. The van der Waals surface area contributed by atoms with Gasteiger partial charge in [-0.3, -0.25) is 15.2 Å². The maximum absolute atomic E-state index is 13.5. The molecule has 2 N–H and O–H groups in total. The SMILES string of the molecule is Cc1ccc(-n2ncc(C(C)(C)C)c2NC(=O)Nc2ccc(N3CCC(CN4CCOCC4)CC3)c3ccccc23)cn1. The van der Waals surface area contributed by atoms with Crippen molar-refractivity contribution in [1.29, 1.82) is 0 Å². The molecule has 4 aromatic rings. The molecule has 0 aliphatic carbocycles. The van der Waals surface area contributed by atoms with Crippen LogP contribution in [0.2, 0.25) is 0 Å². The third-order valence-electron chi connectivity index (χ3n) is 8.67. The van der Waals surface area contributed by atoms with Gasteiger partial charge in [0, 0.05) is 60.4 Å². The fourth-order valence-corrected chi connectivity index (χ4v) is 6.23. The lowest BCUT2D eigenvalue weighted by Gasteiger charge is -2.37. The van der Waals surface area contributed by atoms with Crippen LogP contribution in [0.1, 0.15) is 44.9 Å². The lowest BCUT2D eigenvalue weighted by Crippen LogP contribution is -2.43. The van der Waals surface area contributed by atoms with Crippen LogP contribution in [-0.2, 0) is 10.2 Å². The Morgan fingerprint density at radius 2 is 1.67 bits per heavy atom. The third-order valence-corrected chi connectivity index (χ3v) is 8.67. The smallest absolute Gasteiger partial charge is 0.324 e. The lowest BCUT2D eigenvalue weighted by molar-refractivity contribution is 0.0289. The summed E-state index contributed by atoms with van der Waals surface area (Å²) in [7, 11) is 0. The minimum Gasteiger partial charge on any atom is -0.379 e. The molecule has 2 aliphatic rings. The number of amides is 2. The van der Waals surface area contributed by atoms with Crippen molar-refractivity contribution >= 4 is 34.0 Å². The van der Waals surface area contributed by atoms with Gasteiger partial charge in [0.15, 0.2) is 0 Å². The molecular weight excluding hydrogens is 538 g/mol.